The van der Waals surface area contributed by atoms with Crippen LogP contribution in [0.25, 0.3) is 0 Å². The van der Waals surface area contributed by atoms with E-state index >= 15 is 0 Å². The summed E-state index contributed by atoms with van der Waals surface area (Å²) >= 11 is 3.45. The Kier molecular flexibility index (Phi) is 7.56. The molecule has 0 saturated heterocycles. The lowest BCUT2D eigenvalue weighted by molar-refractivity contribution is -0.114. The van der Waals surface area contributed by atoms with Crippen LogP contribution in [0.1, 0.15) is 34.0 Å². The number of nitrogens with one attached hydrogen (secondary N) is 2. The van der Waals surface area contributed by atoms with Crippen molar-refractivity contribution in [3.63, 3.8) is 0 Å². The zero-order valence-corrected chi connectivity index (χ0v) is 18.8. The van der Waals surface area contributed by atoms with Gasteiger partial charge in [-0.25, -0.2) is 5.43 Å². The van der Waals surface area contributed by atoms with Gasteiger partial charge in [0.1, 0.15) is 12.4 Å². The molecule has 158 valence electrons. The van der Waals surface area contributed by atoms with Gasteiger partial charge in [-0.05, 0) is 48.9 Å². The summed E-state index contributed by atoms with van der Waals surface area (Å²) in [5.41, 5.74) is 6.40. The van der Waals surface area contributed by atoms with Crippen LogP contribution in [0.15, 0.2) is 76.3 Å². The number of hydrazone groups is 1. The van der Waals surface area contributed by atoms with Crippen LogP contribution in [0.4, 0.5) is 5.69 Å². The van der Waals surface area contributed by atoms with Crippen LogP contribution >= 0.6 is 15.9 Å². The number of rotatable bonds is 7. The minimum absolute atomic E-state index is 0.205. The number of anilines is 1. The molecule has 0 heterocycles. The summed E-state index contributed by atoms with van der Waals surface area (Å²) in [5, 5.41) is 6.71. The highest BCUT2D eigenvalue weighted by atomic mass is 79.9. The molecular formula is C24H22BrN3O3. The van der Waals surface area contributed by atoms with Crippen molar-refractivity contribution < 1.29 is 14.3 Å². The predicted octanol–water partition coefficient (Wildman–Crippen LogP) is 5.06. The maximum Gasteiger partial charge on any atom is 0.271 e. The summed E-state index contributed by atoms with van der Waals surface area (Å²) in [5.74, 6) is 0.0541. The summed E-state index contributed by atoms with van der Waals surface area (Å²) in [6.07, 6.45) is 1.53. The molecule has 0 aliphatic rings. The fourth-order valence-corrected chi connectivity index (χ4v) is 3.14. The van der Waals surface area contributed by atoms with Gasteiger partial charge in [0.15, 0.2) is 0 Å². The van der Waals surface area contributed by atoms with Gasteiger partial charge >= 0.3 is 0 Å². The first-order valence-electron chi connectivity index (χ1n) is 9.59. The fourth-order valence-electron chi connectivity index (χ4n) is 2.76. The summed E-state index contributed by atoms with van der Waals surface area (Å²) < 4.78 is 6.81. The zero-order chi connectivity index (χ0) is 22.2. The van der Waals surface area contributed by atoms with E-state index < -0.39 is 0 Å². The molecule has 0 bridgehead atoms. The van der Waals surface area contributed by atoms with Gasteiger partial charge in [0.2, 0.25) is 5.91 Å². The summed E-state index contributed by atoms with van der Waals surface area (Å²) in [6, 6.07) is 20.3. The summed E-state index contributed by atoms with van der Waals surface area (Å²) in [7, 11) is 0. The number of aryl methyl sites for hydroxylation is 1. The molecule has 3 aromatic rings. The van der Waals surface area contributed by atoms with Crippen molar-refractivity contribution >= 4 is 39.6 Å². The largest absolute Gasteiger partial charge is 0.488 e. The van der Waals surface area contributed by atoms with Crippen LogP contribution in [0.2, 0.25) is 0 Å². The number of amides is 2. The Balaban J connectivity index is 1.67. The van der Waals surface area contributed by atoms with Crippen LogP contribution in [-0.4, -0.2) is 18.0 Å². The minimum atomic E-state index is -0.388. The van der Waals surface area contributed by atoms with Gasteiger partial charge in [0, 0.05) is 28.2 Å². The maximum atomic E-state index is 12.4. The van der Waals surface area contributed by atoms with Crippen LogP contribution in [-0.2, 0) is 11.4 Å². The second-order valence-corrected chi connectivity index (χ2v) is 7.83. The third kappa shape index (κ3) is 6.79. The molecule has 3 rings (SSSR count). The molecule has 3 aromatic carbocycles. The van der Waals surface area contributed by atoms with E-state index in [4.69, 9.17) is 4.74 Å². The van der Waals surface area contributed by atoms with Crippen molar-refractivity contribution in [2.75, 3.05) is 5.32 Å². The van der Waals surface area contributed by atoms with Crippen molar-refractivity contribution in [1.29, 1.82) is 0 Å². The number of hydrogen-bond acceptors (Lipinski definition) is 4. The van der Waals surface area contributed by atoms with Crippen molar-refractivity contribution in [3.05, 3.63) is 93.5 Å². The number of nitrogens with zero attached hydrogens (tertiary/aromatic N) is 1. The number of carbonyl (C=O) groups is 2. The van der Waals surface area contributed by atoms with Crippen molar-refractivity contribution in [1.82, 2.24) is 5.43 Å². The average Bonchev–Trinajstić information content (AvgIpc) is 2.74. The lowest BCUT2D eigenvalue weighted by Crippen LogP contribution is -2.18. The number of ether oxygens (including phenoxy) is 1. The van der Waals surface area contributed by atoms with Crippen molar-refractivity contribution in [2.45, 2.75) is 20.5 Å². The quantitative estimate of drug-likeness (QED) is 0.367. The third-order valence-electron chi connectivity index (χ3n) is 4.30. The van der Waals surface area contributed by atoms with E-state index in [0.29, 0.717) is 29.2 Å². The predicted molar refractivity (Wildman–Crippen MR) is 125 cm³/mol. The lowest BCUT2D eigenvalue weighted by Gasteiger charge is -2.10. The Bertz CT molecular complexity index is 1110. The molecule has 0 radical (unpaired) electrons. The molecule has 0 aliphatic heterocycles. The molecular weight excluding hydrogens is 458 g/mol. The van der Waals surface area contributed by atoms with E-state index in [1.54, 1.807) is 24.3 Å². The van der Waals surface area contributed by atoms with Gasteiger partial charge in [0.05, 0.1) is 6.21 Å². The second-order valence-electron chi connectivity index (χ2n) is 6.92. The maximum absolute atomic E-state index is 12.4. The summed E-state index contributed by atoms with van der Waals surface area (Å²) in [6.45, 7) is 3.87. The smallest absolute Gasteiger partial charge is 0.271 e. The first kappa shape index (κ1) is 22.2. The second kappa shape index (κ2) is 10.5. The topological polar surface area (TPSA) is 79.8 Å². The van der Waals surface area contributed by atoms with E-state index in [1.165, 1.54) is 18.7 Å². The van der Waals surface area contributed by atoms with Gasteiger partial charge in [-0.3, -0.25) is 9.59 Å². The standard InChI is InChI=1S/C24H22BrN3O3/c1-16-6-8-18(9-7-16)15-31-23-11-10-21(25)12-20(23)14-26-28-24(30)19-4-3-5-22(13-19)27-17(2)29/h3-14H,15H2,1-2H3,(H,27,29)(H,28,30)/b26-14-. The van der Waals surface area contributed by atoms with Gasteiger partial charge < -0.3 is 10.1 Å². The Labute approximate surface area is 189 Å². The molecule has 7 heteroatoms. The van der Waals surface area contributed by atoms with E-state index in [9.17, 15) is 9.59 Å². The van der Waals surface area contributed by atoms with E-state index in [-0.39, 0.29) is 11.8 Å². The van der Waals surface area contributed by atoms with Crippen molar-refractivity contribution in [2.24, 2.45) is 5.10 Å². The van der Waals surface area contributed by atoms with E-state index in [0.717, 1.165) is 10.0 Å². The third-order valence-corrected chi connectivity index (χ3v) is 4.79. The molecule has 6 nitrogen and oxygen atoms in total. The number of halogens is 1. The van der Waals surface area contributed by atoms with Crippen molar-refractivity contribution in [3.8, 4) is 5.75 Å². The highest BCUT2D eigenvalue weighted by Gasteiger charge is 2.07. The fraction of sp³-hybridized carbons (Fsp3) is 0.125. The van der Waals surface area contributed by atoms with Gasteiger partial charge in [-0.15, -0.1) is 0 Å². The molecule has 2 amide bonds. The monoisotopic (exact) mass is 479 g/mol. The van der Waals surface area contributed by atoms with Gasteiger partial charge in [0.25, 0.3) is 5.91 Å². The molecule has 0 atom stereocenters. The zero-order valence-electron chi connectivity index (χ0n) is 17.2. The van der Waals surface area contributed by atoms with E-state index in [2.05, 4.69) is 31.8 Å². The molecule has 2 N–H and O–H groups in total. The Morgan fingerprint density at radius 3 is 2.58 bits per heavy atom. The highest BCUT2D eigenvalue weighted by Crippen LogP contribution is 2.23. The molecule has 0 unspecified atom stereocenters. The number of benzene rings is 3. The molecule has 0 spiro atoms. The van der Waals surface area contributed by atoms with Crippen LogP contribution in [0.5, 0.6) is 5.75 Å². The highest BCUT2D eigenvalue weighted by molar-refractivity contribution is 9.10. The lowest BCUT2D eigenvalue weighted by atomic mass is 10.1. The average molecular weight is 480 g/mol. The Morgan fingerprint density at radius 1 is 1.06 bits per heavy atom. The Hall–Kier alpha value is -3.45. The summed E-state index contributed by atoms with van der Waals surface area (Å²) in [4.78, 5) is 23.6. The Morgan fingerprint density at radius 2 is 1.84 bits per heavy atom. The normalized spacial score (nSPS) is 10.7. The first-order chi connectivity index (χ1) is 14.9. The number of carbonyl (C=O) groups excluding carboxylic acids is 2. The SMILES string of the molecule is CC(=O)Nc1cccc(C(=O)N/N=C\c2cc(Br)ccc2OCc2ccc(C)cc2)c1. The molecule has 0 aromatic heterocycles. The first-order valence-corrected chi connectivity index (χ1v) is 10.4. The van der Waals surface area contributed by atoms with Crippen LogP contribution in [0.3, 0.4) is 0 Å². The van der Waals surface area contributed by atoms with Crippen LogP contribution in [0, 0.1) is 6.92 Å². The van der Waals surface area contributed by atoms with Gasteiger partial charge in [-0.2, -0.15) is 5.10 Å². The molecule has 0 fully saturated rings. The molecule has 31 heavy (non-hydrogen) atoms. The number of hydrogen-bond donors (Lipinski definition) is 2. The van der Waals surface area contributed by atoms with Gasteiger partial charge in [-0.1, -0.05) is 51.8 Å². The minimum Gasteiger partial charge on any atom is -0.488 e. The molecule has 0 aliphatic carbocycles. The van der Waals surface area contributed by atoms with Crippen LogP contribution < -0.4 is 15.5 Å². The van der Waals surface area contributed by atoms with E-state index in [1.807, 2.05) is 49.4 Å². The molecule has 0 saturated carbocycles.